The van der Waals surface area contributed by atoms with E-state index in [1.54, 1.807) is 43.8 Å². The van der Waals surface area contributed by atoms with Crippen LogP contribution in [0, 0.1) is 0 Å². The van der Waals surface area contributed by atoms with Crippen LogP contribution in [0.15, 0.2) is 48.8 Å². The molecule has 0 unspecified atom stereocenters. The molecular weight excluding hydrogens is 294 g/mol. The number of rotatable bonds is 6. The summed E-state index contributed by atoms with van der Waals surface area (Å²) in [4.78, 5) is 29.3. The summed E-state index contributed by atoms with van der Waals surface area (Å²) >= 11 is 0. The largest absolute Gasteiger partial charge is 0.497 e. The molecule has 0 aliphatic heterocycles. The number of hydrogen-bond acceptors (Lipinski definition) is 4. The zero-order valence-electron chi connectivity index (χ0n) is 13.2. The minimum atomic E-state index is -0.262. The number of pyridine rings is 1. The summed E-state index contributed by atoms with van der Waals surface area (Å²) in [6.45, 7) is 1.79. The topological polar surface area (TPSA) is 71.5 Å². The predicted molar refractivity (Wildman–Crippen MR) is 87.0 cm³/mol. The maximum atomic E-state index is 12.2. The van der Waals surface area contributed by atoms with Gasteiger partial charge in [0.2, 0.25) is 11.8 Å². The maximum Gasteiger partial charge on any atom is 0.244 e. The highest BCUT2D eigenvalue weighted by atomic mass is 16.5. The SMILES string of the molecule is COc1cccc(NC(=O)CN(Cc2ccncc2)C(C)=O)c1. The molecule has 1 N–H and O–H groups in total. The Bertz CT molecular complexity index is 674. The second-order valence-corrected chi connectivity index (χ2v) is 5.01. The molecule has 1 aromatic heterocycles. The van der Waals surface area contributed by atoms with Crippen LogP contribution in [0.2, 0.25) is 0 Å². The molecule has 2 rings (SSSR count). The van der Waals surface area contributed by atoms with Crippen LogP contribution in [0.5, 0.6) is 5.75 Å². The van der Waals surface area contributed by atoms with Gasteiger partial charge in [0, 0.05) is 37.6 Å². The monoisotopic (exact) mass is 313 g/mol. The lowest BCUT2D eigenvalue weighted by atomic mass is 10.2. The Kier molecular flexibility index (Phi) is 5.68. The van der Waals surface area contributed by atoms with Crippen molar-refractivity contribution in [1.82, 2.24) is 9.88 Å². The van der Waals surface area contributed by atoms with E-state index in [0.29, 0.717) is 18.0 Å². The van der Waals surface area contributed by atoms with Gasteiger partial charge in [0.1, 0.15) is 12.3 Å². The average molecular weight is 313 g/mol. The first-order chi connectivity index (χ1) is 11.1. The lowest BCUT2D eigenvalue weighted by Crippen LogP contribution is -2.36. The third-order valence-corrected chi connectivity index (χ3v) is 3.26. The zero-order valence-corrected chi connectivity index (χ0v) is 13.2. The second-order valence-electron chi connectivity index (χ2n) is 5.01. The number of carbonyl (C=O) groups is 2. The first kappa shape index (κ1) is 16.5. The van der Waals surface area contributed by atoms with Gasteiger partial charge < -0.3 is 15.0 Å². The van der Waals surface area contributed by atoms with Crippen LogP contribution in [0.4, 0.5) is 5.69 Å². The molecule has 0 radical (unpaired) electrons. The maximum absolute atomic E-state index is 12.2. The van der Waals surface area contributed by atoms with E-state index in [2.05, 4.69) is 10.3 Å². The van der Waals surface area contributed by atoms with Gasteiger partial charge in [0.15, 0.2) is 0 Å². The number of benzene rings is 1. The molecule has 1 aromatic carbocycles. The van der Waals surface area contributed by atoms with Gasteiger partial charge in [-0.2, -0.15) is 0 Å². The van der Waals surface area contributed by atoms with Gasteiger partial charge in [-0.15, -0.1) is 0 Å². The van der Waals surface area contributed by atoms with Crippen molar-refractivity contribution >= 4 is 17.5 Å². The van der Waals surface area contributed by atoms with E-state index in [9.17, 15) is 9.59 Å². The van der Waals surface area contributed by atoms with Crippen molar-refractivity contribution in [2.24, 2.45) is 0 Å². The van der Waals surface area contributed by atoms with E-state index in [0.717, 1.165) is 5.56 Å². The summed E-state index contributed by atoms with van der Waals surface area (Å²) in [5.41, 5.74) is 1.55. The fourth-order valence-electron chi connectivity index (χ4n) is 2.06. The number of methoxy groups -OCH3 is 1. The second kappa shape index (κ2) is 7.93. The quantitative estimate of drug-likeness (QED) is 0.886. The summed E-state index contributed by atoms with van der Waals surface area (Å²) in [6.07, 6.45) is 3.31. The summed E-state index contributed by atoms with van der Waals surface area (Å²) in [5.74, 6) is 0.230. The molecule has 0 saturated heterocycles. The smallest absolute Gasteiger partial charge is 0.244 e. The van der Waals surface area contributed by atoms with Crippen LogP contribution >= 0.6 is 0 Å². The molecule has 0 aliphatic rings. The van der Waals surface area contributed by atoms with Crippen molar-refractivity contribution in [2.45, 2.75) is 13.5 Å². The summed E-state index contributed by atoms with van der Waals surface area (Å²) in [6, 6.07) is 10.7. The highest BCUT2D eigenvalue weighted by Crippen LogP contribution is 2.16. The molecule has 0 aliphatic carbocycles. The third-order valence-electron chi connectivity index (χ3n) is 3.26. The van der Waals surface area contributed by atoms with Gasteiger partial charge in [-0.05, 0) is 29.8 Å². The Balaban J connectivity index is 1.99. The van der Waals surface area contributed by atoms with E-state index in [4.69, 9.17) is 4.74 Å². The Morgan fingerprint density at radius 1 is 1.22 bits per heavy atom. The summed E-state index contributed by atoms with van der Waals surface area (Å²) in [5, 5.41) is 2.76. The molecule has 0 saturated carbocycles. The van der Waals surface area contributed by atoms with Gasteiger partial charge in [-0.1, -0.05) is 6.07 Å². The zero-order chi connectivity index (χ0) is 16.7. The normalized spacial score (nSPS) is 10.0. The Morgan fingerprint density at radius 2 is 1.96 bits per heavy atom. The van der Waals surface area contributed by atoms with Crippen LogP contribution in [0.25, 0.3) is 0 Å². The Morgan fingerprint density at radius 3 is 2.61 bits per heavy atom. The van der Waals surface area contributed by atoms with Gasteiger partial charge >= 0.3 is 0 Å². The van der Waals surface area contributed by atoms with Crippen LogP contribution in [0.1, 0.15) is 12.5 Å². The van der Waals surface area contributed by atoms with Crippen LogP contribution in [-0.2, 0) is 16.1 Å². The highest BCUT2D eigenvalue weighted by molar-refractivity contribution is 5.94. The fourth-order valence-corrected chi connectivity index (χ4v) is 2.06. The number of nitrogens with one attached hydrogen (secondary N) is 1. The average Bonchev–Trinajstić information content (AvgIpc) is 2.55. The molecule has 120 valence electrons. The fraction of sp³-hybridized carbons (Fsp3) is 0.235. The van der Waals surface area contributed by atoms with Crippen molar-refractivity contribution < 1.29 is 14.3 Å². The van der Waals surface area contributed by atoms with Crippen molar-refractivity contribution in [3.05, 3.63) is 54.4 Å². The molecule has 2 amide bonds. The number of amides is 2. The standard InChI is InChI=1S/C17H19N3O3/c1-13(21)20(11-14-6-8-18-9-7-14)12-17(22)19-15-4-3-5-16(10-15)23-2/h3-10H,11-12H2,1-2H3,(H,19,22). The molecule has 23 heavy (non-hydrogen) atoms. The highest BCUT2D eigenvalue weighted by Gasteiger charge is 2.14. The number of ether oxygens (including phenoxy) is 1. The van der Waals surface area contributed by atoms with Crippen molar-refractivity contribution in [2.75, 3.05) is 19.0 Å². The first-order valence-electron chi connectivity index (χ1n) is 7.17. The number of hydrogen-bond donors (Lipinski definition) is 1. The molecule has 1 heterocycles. The minimum Gasteiger partial charge on any atom is -0.497 e. The first-order valence-corrected chi connectivity index (χ1v) is 7.17. The molecule has 0 spiro atoms. The number of aromatic nitrogens is 1. The van der Waals surface area contributed by atoms with Crippen molar-refractivity contribution in [3.8, 4) is 5.75 Å². The van der Waals surface area contributed by atoms with E-state index >= 15 is 0 Å². The lowest BCUT2D eigenvalue weighted by molar-refractivity contribution is -0.133. The van der Waals surface area contributed by atoms with Crippen LogP contribution in [0.3, 0.4) is 0 Å². The molecule has 2 aromatic rings. The van der Waals surface area contributed by atoms with Crippen molar-refractivity contribution in [3.63, 3.8) is 0 Å². The predicted octanol–water partition coefficient (Wildman–Crippen LogP) is 2.08. The number of anilines is 1. The Hall–Kier alpha value is -2.89. The van der Waals surface area contributed by atoms with Gasteiger partial charge in [-0.25, -0.2) is 0 Å². The Labute approximate surface area is 135 Å². The van der Waals surface area contributed by atoms with Gasteiger partial charge in [-0.3, -0.25) is 14.6 Å². The van der Waals surface area contributed by atoms with E-state index in [-0.39, 0.29) is 18.4 Å². The molecule has 0 bridgehead atoms. The molecule has 0 fully saturated rings. The molecule has 0 atom stereocenters. The summed E-state index contributed by atoms with van der Waals surface area (Å²) < 4.78 is 5.11. The van der Waals surface area contributed by atoms with Crippen molar-refractivity contribution in [1.29, 1.82) is 0 Å². The number of carbonyl (C=O) groups excluding carboxylic acids is 2. The minimum absolute atomic E-state index is 0.0190. The van der Waals surface area contributed by atoms with Crippen LogP contribution in [-0.4, -0.2) is 35.4 Å². The lowest BCUT2D eigenvalue weighted by Gasteiger charge is -2.20. The van der Waals surface area contributed by atoms with E-state index in [1.165, 1.54) is 11.8 Å². The van der Waals surface area contributed by atoms with Crippen LogP contribution < -0.4 is 10.1 Å². The van der Waals surface area contributed by atoms with E-state index in [1.807, 2.05) is 12.1 Å². The molecule has 6 nitrogen and oxygen atoms in total. The molecular formula is C17H19N3O3. The number of nitrogens with zero attached hydrogens (tertiary/aromatic N) is 2. The molecule has 6 heteroatoms. The van der Waals surface area contributed by atoms with E-state index < -0.39 is 0 Å². The summed E-state index contributed by atoms with van der Waals surface area (Å²) in [7, 11) is 1.56. The van der Waals surface area contributed by atoms with Gasteiger partial charge in [0.25, 0.3) is 0 Å². The third kappa shape index (κ3) is 5.10. The van der Waals surface area contributed by atoms with Gasteiger partial charge in [0.05, 0.1) is 7.11 Å².